The van der Waals surface area contributed by atoms with E-state index < -0.39 is 0 Å². The van der Waals surface area contributed by atoms with Gasteiger partial charge in [-0.2, -0.15) is 0 Å². The fraction of sp³-hybridized carbons (Fsp3) is 0.391. The van der Waals surface area contributed by atoms with Gasteiger partial charge in [-0.15, -0.1) is 0 Å². The smallest absolute Gasteiger partial charge is 0.260 e. The zero-order valence-electron chi connectivity index (χ0n) is 17.9. The van der Waals surface area contributed by atoms with Crippen LogP contribution >= 0.6 is 11.3 Å². The minimum Gasteiger partial charge on any atom is -0.497 e. The Morgan fingerprint density at radius 3 is 2.45 bits per heavy atom. The Morgan fingerprint density at radius 2 is 1.79 bits per heavy atom. The lowest BCUT2D eigenvalue weighted by atomic mass is 10.1. The predicted octanol–water partition coefficient (Wildman–Crippen LogP) is 4.91. The maximum Gasteiger partial charge on any atom is 0.260 e. The third-order valence-electron chi connectivity index (χ3n) is 5.35. The standard InChI is InChI=1S/C23H29N3O2S/c1-6-25(7-2)12-13-26(22(27)18-9-8-16(3)17(4)14-18)23-24-20-11-10-19(28-5)15-21(20)29-23/h8-11,14-15H,6-7,12-13H2,1-5H3. The molecule has 0 aliphatic heterocycles. The molecule has 5 nitrogen and oxygen atoms in total. The molecular weight excluding hydrogens is 382 g/mol. The molecule has 0 atom stereocenters. The molecule has 2 aromatic carbocycles. The number of aryl methyl sites for hydroxylation is 2. The molecule has 0 saturated carbocycles. The third kappa shape index (κ3) is 4.77. The van der Waals surface area contributed by atoms with Crippen LogP contribution in [-0.4, -0.2) is 49.1 Å². The van der Waals surface area contributed by atoms with Crippen LogP contribution in [0.4, 0.5) is 5.13 Å². The van der Waals surface area contributed by atoms with Crippen molar-refractivity contribution in [3.8, 4) is 5.75 Å². The van der Waals surface area contributed by atoms with E-state index >= 15 is 0 Å². The highest BCUT2D eigenvalue weighted by Crippen LogP contribution is 2.32. The number of hydrogen-bond donors (Lipinski definition) is 0. The van der Waals surface area contributed by atoms with E-state index in [0.29, 0.717) is 12.1 Å². The Kier molecular flexibility index (Phi) is 6.87. The first-order valence-corrected chi connectivity index (χ1v) is 10.8. The van der Waals surface area contributed by atoms with Gasteiger partial charge in [0.15, 0.2) is 5.13 Å². The summed E-state index contributed by atoms with van der Waals surface area (Å²) in [6, 6.07) is 11.7. The average molecular weight is 412 g/mol. The maximum absolute atomic E-state index is 13.4. The van der Waals surface area contributed by atoms with E-state index in [-0.39, 0.29) is 5.91 Å². The van der Waals surface area contributed by atoms with E-state index in [2.05, 4.69) is 25.7 Å². The second-order valence-corrected chi connectivity index (χ2v) is 8.12. The van der Waals surface area contributed by atoms with Gasteiger partial charge in [0.1, 0.15) is 5.75 Å². The van der Waals surface area contributed by atoms with Crippen molar-refractivity contribution in [1.82, 2.24) is 9.88 Å². The van der Waals surface area contributed by atoms with Crippen molar-refractivity contribution in [3.05, 3.63) is 53.1 Å². The number of benzene rings is 2. The summed E-state index contributed by atoms with van der Waals surface area (Å²) in [7, 11) is 1.66. The monoisotopic (exact) mass is 411 g/mol. The molecule has 1 amide bonds. The third-order valence-corrected chi connectivity index (χ3v) is 6.39. The average Bonchev–Trinajstić information content (AvgIpc) is 3.15. The van der Waals surface area contributed by atoms with Gasteiger partial charge in [0.2, 0.25) is 0 Å². The molecule has 0 fully saturated rings. The quantitative estimate of drug-likeness (QED) is 0.528. The van der Waals surface area contributed by atoms with E-state index in [4.69, 9.17) is 9.72 Å². The number of aromatic nitrogens is 1. The number of likely N-dealkylation sites (N-methyl/N-ethyl adjacent to an activating group) is 1. The lowest BCUT2D eigenvalue weighted by molar-refractivity contribution is 0.0983. The first-order valence-electron chi connectivity index (χ1n) is 10.0. The lowest BCUT2D eigenvalue weighted by Crippen LogP contribution is -2.38. The second-order valence-electron chi connectivity index (χ2n) is 7.11. The maximum atomic E-state index is 13.4. The van der Waals surface area contributed by atoms with Gasteiger partial charge in [-0.25, -0.2) is 4.98 Å². The van der Waals surface area contributed by atoms with Gasteiger partial charge in [-0.3, -0.25) is 9.69 Å². The Balaban J connectivity index is 1.97. The van der Waals surface area contributed by atoms with Crippen molar-refractivity contribution in [1.29, 1.82) is 0 Å². The van der Waals surface area contributed by atoms with Crippen LogP contribution in [0.15, 0.2) is 36.4 Å². The molecule has 29 heavy (non-hydrogen) atoms. The summed E-state index contributed by atoms with van der Waals surface area (Å²) in [5.74, 6) is 0.786. The summed E-state index contributed by atoms with van der Waals surface area (Å²) >= 11 is 1.53. The van der Waals surface area contributed by atoms with Gasteiger partial charge in [0.05, 0.1) is 17.3 Å². The number of carbonyl (C=O) groups excluding carboxylic acids is 1. The molecule has 0 aliphatic carbocycles. The first kappa shape index (κ1) is 21.3. The van der Waals surface area contributed by atoms with E-state index in [0.717, 1.165) is 46.3 Å². The summed E-state index contributed by atoms with van der Waals surface area (Å²) in [6.45, 7) is 11.7. The molecule has 154 valence electrons. The summed E-state index contributed by atoms with van der Waals surface area (Å²) in [5.41, 5.74) is 3.88. The summed E-state index contributed by atoms with van der Waals surface area (Å²) in [4.78, 5) is 22.3. The molecule has 0 spiro atoms. The van der Waals surface area contributed by atoms with Crippen LogP contribution in [0.25, 0.3) is 10.2 Å². The largest absolute Gasteiger partial charge is 0.497 e. The minimum absolute atomic E-state index is 0.00808. The van der Waals surface area contributed by atoms with Crippen LogP contribution < -0.4 is 9.64 Å². The van der Waals surface area contributed by atoms with E-state index in [1.165, 1.54) is 16.9 Å². The summed E-state index contributed by atoms with van der Waals surface area (Å²) < 4.78 is 6.35. The Hall–Kier alpha value is -2.44. The second kappa shape index (κ2) is 9.37. The molecule has 1 aromatic heterocycles. The van der Waals surface area contributed by atoms with Gasteiger partial charge in [-0.1, -0.05) is 31.3 Å². The predicted molar refractivity (Wildman–Crippen MR) is 122 cm³/mol. The number of carbonyl (C=O) groups is 1. The zero-order valence-corrected chi connectivity index (χ0v) is 18.7. The number of anilines is 1. The molecule has 3 aromatic rings. The molecule has 1 heterocycles. The number of nitrogens with zero attached hydrogens (tertiary/aromatic N) is 3. The van der Waals surface area contributed by atoms with Crippen molar-refractivity contribution >= 4 is 32.6 Å². The molecule has 0 saturated heterocycles. The van der Waals surface area contributed by atoms with E-state index in [9.17, 15) is 4.79 Å². The van der Waals surface area contributed by atoms with Crippen molar-refractivity contribution < 1.29 is 9.53 Å². The number of rotatable bonds is 8. The number of fused-ring (bicyclic) bond motifs is 1. The Labute approximate surface area is 176 Å². The Morgan fingerprint density at radius 1 is 1.03 bits per heavy atom. The number of hydrogen-bond acceptors (Lipinski definition) is 5. The fourth-order valence-corrected chi connectivity index (χ4v) is 4.25. The molecule has 3 rings (SSSR count). The summed E-state index contributed by atoms with van der Waals surface area (Å²) in [5, 5.41) is 0.726. The molecule has 0 radical (unpaired) electrons. The number of thiazole rings is 1. The summed E-state index contributed by atoms with van der Waals surface area (Å²) in [6.07, 6.45) is 0. The molecule has 0 aliphatic rings. The zero-order chi connectivity index (χ0) is 21.0. The van der Waals surface area contributed by atoms with Gasteiger partial charge >= 0.3 is 0 Å². The SMILES string of the molecule is CCN(CC)CCN(C(=O)c1ccc(C)c(C)c1)c1nc2ccc(OC)cc2s1. The molecular formula is C23H29N3O2S. The van der Waals surface area contributed by atoms with E-state index in [1.807, 2.05) is 48.2 Å². The fourth-order valence-electron chi connectivity index (χ4n) is 3.23. The van der Waals surface area contributed by atoms with Crippen LogP contribution in [0.2, 0.25) is 0 Å². The number of amides is 1. The molecule has 0 bridgehead atoms. The number of ether oxygens (including phenoxy) is 1. The van der Waals surface area contributed by atoms with Crippen molar-refractivity contribution in [3.63, 3.8) is 0 Å². The van der Waals surface area contributed by atoms with Gasteiger partial charge in [-0.05, 0) is 68.4 Å². The van der Waals surface area contributed by atoms with Gasteiger partial charge < -0.3 is 9.64 Å². The molecule has 6 heteroatoms. The van der Waals surface area contributed by atoms with Crippen molar-refractivity contribution in [2.45, 2.75) is 27.7 Å². The van der Waals surface area contributed by atoms with Crippen LogP contribution in [0.3, 0.4) is 0 Å². The highest BCUT2D eigenvalue weighted by molar-refractivity contribution is 7.22. The topological polar surface area (TPSA) is 45.7 Å². The van der Waals surface area contributed by atoms with Crippen LogP contribution in [0.1, 0.15) is 35.3 Å². The van der Waals surface area contributed by atoms with Gasteiger partial charge in [0.25, 0.3) is 5.91 Å². The minimum atomic E-state index is -0.00808. The Bertz CT molecular complexity index is 995. The van der Waals surface area contributed by atoms with Crippen molar-refractivity contribution in [2.75, 3.05) is 38.2 Å². The highest BCUT2D eigenvalue weighted by atomic mass is 32.1. The van der Waals surface area contributed by atoms with Gasteiger partial charge in [0, 0.05) is 18.7 Å². The highest BCUT2D eigenvalue weighted by Gasteiger charge is 2.22. The molecule has 0 unspecified atom stereocenters. The normalized spacial score (nSPS) is 11.2. The lowest BCUT2D eigenvalue weighted by Gasteiger charge is -2.25. The van der Waals surface area contributed by atoms with E-state index in [1.54, 1.807) is 7.11 Å². The van der Waals surface area contributed by atoms with Crippen LogP contribution in [0, 0.1) is 13.8 Å². The first-order chi connectivity index (χ1) is 14.0. The molecule has 0 N–H and O–H groups in total. The van der Waals surface area contributed by atoms with Crippen LogP contribution in [-0.2, 0) is 0 Å². The van der Waals surface area contributed by atoms with Crippen LogP contribution in [0.5, 0.6) is 5.75 Å². The van der Waals surface area contributed by atoms with Crippen molar-refractivity contribution in [2.24, 2.45) is 0 Å². The number of methoxy groups -OCH3 is 1.